The van der Waals surface area contributed by atoms with Gasteiger partial charge < -0.3 is 9.64 Å². The van der Waals surface area contributed by atoms with Gasteiger partial charge in [0.15, 0.2) is 0 Å². The average molecular weight is 248 g/mol. The number of carbonyl (C=O) groups excluding carboxylic acids is 1. The molecule has 0 atom stereocenters. The molecule has 4 heteroatoms. The molecule has 1 saturated heterocycles. The number of ether oxygens (including phenoxy) is 1. The van der Waals surface area contributed by atoms with Crippen molar-refractivity contribution in [2.45, 2.75) is 19.4 Å². The van der Waals surface area contributed by atoms with Crippen molar-refractivity contribution >= 4 is 6.09 Å². The highest BCUT2D eigenvalue weighted by Gasteiger charge is 2.15. The molecular formula is C14H20N2O2. The topological polar surface area (TPSA) is 32.8 Å². The van der Waals surface area contributed by atoms with Gasteiger partial charge in [0, 0.05) is 26.2 Å². The quantitative estimate of drug-likeness (QED) is 0.823. The molecule has 0 aliphatic carbocycles. The Balaban J connectivity index is 2.07. The molecule has 1 heterocycles. The van der Waals surface area contributed by atoms with E-state index in [0.717, 1.165) is 25.2 Å². The minimum atomic E-state index is -0.330. The zero-order chi connectivity index (χ0) is 13.0. The lowest BCUT2D eigenvalue weighted by Gasteiger charge is -2.18. The molecule has 0 N–H and O–H groups in total. The number of para-hydroxylation sites is 1. The van der Waals surface area contributed by atoms with E-state index < -0.39 is 0 Å². The van der Waals surface area contributed by atoms with E-state index >= 15 is 0 Å². The van der Waals surface area contributed by atoms with E-state index in [1.807, 2.05) is 24.3 Å². The summed E-state index contributed by atoms with van der Waals surface area (Å²) in [6.45, 7) is 3.13. The first-order valence-electron chi connectivity index (χ1n) is 6.36. The molecule has 1 aliphatic rings. The van der Waals surface area contributed by atoms with E-state index in [1.54, 1.807) is 14.1 Å². The van der Waals surface area contributed by atoms with Crippen LogP contribution in [0.3, 0.4) is 0 Å². The summed E-state index contributed by atoms with van der Waals surface area (Å²) in [5, 5.41) is 0. The zero-order valence-corrected chi connectivity index (χ0v) is 11.1. The van der Waals surface area contributed by atoms with Gasteiger partial charge in [-0.3, -0.25) is 4.90 Å². The van der Waals surface area contributed by atoms with Gasteiger partial charge in [0.2, 0.25) is 0 Å². The highest BCUT2D eigenvalue weighted by molar-refractivity contribution is 5.70. The SMILES string of the molecule is CN(C)C(=O)Oc1ccccc1CN1CCCC1. The van der Waals surface area contributed by atoms with Gasteiger partial charge in [-0.15, -0.1) is 0 Å². The summed E-state index contributed by atoms with van der Waals surface area (Å²) in [6, 6.07) is 7.76. The highest BCUT2D eigenvalue weighted by Crippen LogP contribution is 2.22. The molecule has 1 fully saturated rings. The first kappa shape index (κ1) is 12.9. The van der Waals surface area contributed by atoms with E-state index in [-0.39, 0.29) is 6.09 Å². The van der Waals surface area contributed by atoms with Gasteiger partial charge in [0.05, 0.1) is 0 Å². The smallest absolute Gasteiger partial charge is 0.410 e. The van der Waals surface area contributed by atoms with Gasteiger partial charge in [0.25, 0.3) is 0 Å². The van der Waals surface area contributed by atoms with E-state index in [2.05, 4.69) is 4.90 Å². The minimum Gasteiger partial charge on any atom is -0.410 e. The lowest BCUT2D eigenvalue weighted by Crippen LogP contribution is -2.26. The number of hydrogen-bond acceptors (Lipinski definition) is 3. The van der Waals surface area contributed by atoms with Crippen molar-refractivity contribution in [3.63, 3.8) is 0 Å². The molecule has 0 bridgehead atoms. The Bertz CT molecular complexity index is 412. The molecule has 18 heavy (non-hydrogen) atoms. The van der Waals surface area contributed by atoms with Crippen LogP contribution in [-0.4, -0.2) is 43.1 Å². The van der Waals surface area contributed by atoms with Crippen molar-refractivity contribution in [1.82, 2.24) is 9.80 Å². The normalized spacial score (nSPS) is 15.7. The fourth-order valence-electron chi connectivity index (χ4n) is 2.10. The first-order valence-corrected chi connectivity index (χ1v) is 6.36. The van der Waals surface area contributed by atoms with Crippen molar-refractivity contribution in [2.75, 3.05) is 27.2 Å². The molecule has 4 nitrogen and oxygen atoms in total. The van der Waals surface area contributed by atoms with E-state index in [4.69, 9.17) is 4.74 Å². The van der Waals surface area contributed by atoms with Crippen molar-refractivity contribution in [2.24, 2.45) is 0 Å². The standard InChI is InChI=1S/C14H20N2O2/c1-15(2)14(17)18-13-8-4-3-7-12(13)11-16-9-5-6-10-16/h3-4,7-8H,5-6,9-11H2,1-2H3. The first-order chi connectivity index (χ1) is 8.66. The number of benzene rings is 1. The van der Waals surface area contributed by atoms with Crippen LogP contribution in [0.1, 0.15) is 18.4 Å². The summed E-state index contributed by atoms with van der Waals surface area (Å²) in [6.07, 6.45) is 2.20. The maximum atomic E-state index is 11.6. The lowest BCUT2D eigenvalue weighted by molar-refractivity contribution is 0.171. The molecular weight excluding hydrogens is 228 g/mol. The van der Waals surface area contributed by atoms with E-state index in [9.17, 15) is 4.79 Å². The molecule has 0 radical (unpaired) electrons. The third kappa shape index (κ3) is 3.23. The number of nitrogens with zero attached hydrogens (tertiary/aromatic N) is 2. The van der Waals surface area contributed by atoms with E-state index in [0.29, 0.717) is 5.75 Å². The third-order valence-corrected chi connectivity index (χ3v) is 3.13. The molecule has 0 unspecified atom stereocenters. The second kappa shape index (κ2) is 5.87. The van der Waals surface area contributed by atoms with Crippen LogP contribution in [0, 0.1) is 0 Å². The summed E-state index contributed by atoms with van der Waals surface area (Å²) in [4.78, 5) is 15.4. The molecule has 1 aromatic rings. The van der Waals surface area contributed by atoms with Gasteiger partial charge >= 0.3 is 6.09 Å². The zero-order valence-electron chi connectivity index (χ0n) is 11.1. The molecule has 0 aromatic heterocycles. The average Bonchev–Trinajstić information content (AvgIpc) is 2.84. The van der Waals surface area contributed by atoms with E-state index in [1.165, 1.54) is 17.7 Å². The maximum absolute atomic E-state index is 11.6. The van der Waals surface area contributed by atoms with Crippen molar-refractivity contribution < 1.29 is 9.53 Å². The molecule has 1 aromatic carbocycles. The Kier molecular flexibility index (Phi) is 4.20. The summed E-state index contributed by atoms with van der Waals surface area (Å²) < 4.78 is 5.38. The molecule has 2 rings (SSSR count). The van der Waals surface area contributed by atoms with Gasteiger partial charge in [-0.25, -0.2) is 4.79 Å². The Morgan fingerprint density at radius 2 is 1.94 bits per heavy atom. The Morgan fingerprint density at radius 3 is 2.61 bits per heavy atom. The second-order valence-corrected chi connectivity index (χ2v) is 4.85. The highest BCUT2D eigenvalue weighted by atomic mass is 16.6. The number of carbonyl (C=O) groups is 1. The van der Waals surface area contributed by atoms with Gasteiger partial charge in [0.1, 0.15) is 5.75 Å². The predicted molar refractivity (Wildman–Crippen MR) is 70.7 cm³/mol. The number of rotatable bonds is 3. The second-order valence-electron chi connectivity index (χ2n) is 4.85. The number of hydrogen-bond donors (Lipinski definition) is 0. The van der Waals surface area contributed by atoms with Crippen LogP contribution in [0.4, 0.5) is 4.79 Å². The molecule has 98 valence electrons. The van der Waals surface area contributed by atoms with Crippen LogP contribution in [0.25, 0.3) is 0 Å². The Labute approximate surface area is 108 Å². The third-order valence-electron chi connectivity index (χ3n) is 3.13. The maximum Gasteiger partial charge on any atom is 0.414 e. The van der Waals surface area contributed by atoms with Crippen LogP contribution in [-0.2, 0) is 6.54 Å². The molecule has 0 spiro atoms. The predicted octanol–water partition coefficient (Wildman–Crippen LogP) is 2.34. The largest absolute Gasteiger partial charge is 0.414 e. The summed E-state index contributed by atoms with van der Waals surface area (Å²) in [5.41, 5.74) is 1.08. The number of amides is 1. The van der Waals surface area contributed by atoms with Crippen molar-refractivity contribution in [1.29, 1.82) is 0 Å². The summed E-state index contributed by atoms with van der Waals surface area (Å²) in [5.74, 6) is 0.670. The van der Waals surface area contributed by atoms with Crippen LogP contribution in [0.2, 0.25) is 0 Å². The lowest BCUT2D eigenvalue weighted by atomic mass is 10.2. The van der Waals surface area contributed by atoms with Gasteiger partial charge in [-0.1, -0.05) is 18.2 Å². The van der Waals surface area contributed by atoms with Gasteiger partial charge in [-0.05, 0) is 32.0 Å². The monoisotopic (exact) mass is 248 g/mol. The summed E-state index contributed by atoms with van der Waals surface area (Å²) in [7, 11) is 3.37. The van der Waals surface area contributed by atoms with Crippen LogP contribution < -0.4 is 4.74 Å². The molecule has 0 saturated carbocycles. The molecule has 1 amide bonds. The van der Waals surface area contributed by atoms with Crippen molar-refractivity contribution in [3.05, 3.63) is 29.8 Å². The van der Waals surface area contributed by atoms with Crippen molar-refractivity contribution in [3.8, 4) is 5.75 Å². The Morgan fingerprint density at radius 1 is 1.28 bits per heavy atom. The minimum absolute atomic E-state index is 0.330. The summed E-state index contributed by atoms with van der Waals surface area (Å²) >= 11 is 0. The fraction of sp³-hybridized carbons (Fsp3) is 0.500. The Hall–Kier alpha value is -1.55. The van der Waals surface area contributed by atoms with Crippen LogP contribution in [0.15, 0.2) is 24.3 Å². The van der Waals surface area contributed by atoms with Crippen LogP contribution in [0.5, 0.6) is 5.75 Å². The fourth-order valence-corrected chi connectivity index (χ4v) is 2.10. The number of likely N-dealkylation sites (tertiary alicyclic amines) is 1. The molecule has 1 aliphatic heterocycles. The van der Waals surface area contributed by atoms with Crippen LogP contribution >= 0.6 is 0 Å². The van der Waals surface area contributed by atoms with Gasteiger partial charge in [-0.2, -0.15) is 0 Å².